The smallest absolute Gasteiger partial charge is 0.410 e. The minimum atomic E-state index is -0.448. The molecule has 6 rings (SSSR count). The number of nitrogens with zero attached hydrogens (tertiary/aromatic N) is 4. The van der Waals surface area contributed by atoms with Gasteiger partial charge in [-0.15, -0.1) is 0 Å². The molecule has 3 aromatic rings. The second kappa shape index (κ2) is 10.7. The number of piperidine rings is 1. The Morgan fingerprint density at radius 1 is 1.12 bits per heavy atom. The Morgan fingerprint density at radius 2 is 1.85 bits per heavy atom. The van der Waals surface area contributed by atoms with Crippen LogP contribution in [0.4, 0.5) is 4.79 Å². The van der Waals surface area contributed by atoms with Crippen LogP contribution in [0.25, 0.3) is 10.9 Å². The summed E-state index contributed by atoms with van der Waals surface area (Å²) in [5.41, 5.74) is 2.60. The normalized spacial score (nSPS) is 19.1. The third kappa shape index (κ3) is 5.31. The Bertz CT molecular complexity index is 1490. The molecule has 1 unspecified atom stereocenters. The van der Waals surface area contributed by atoms with Gasteiger partial charge in [-0.3, -0.25) is 14.7 Å². The molecule has 0 N–H and O–H groups in total. The molecule has 1 amide bonds. The molecule has 3 aliphatic heterocycles. The molecule has 0 spiro atoms. The van der Waals surface area contributed by atoms with Crippen molar-refractivity contribution in [3.8, 4) is 11.5 Å². The molecule has 3 aliphatic rings. The third-order valence-electron chi connectivity index (χ3n) is 8.07. The molecule has 9 nitrogen and oxygen atoms in total. The predicted molar refractivity (Wildman–Crippen MR) is 155 cm³/mol. The average molecular weight is 612 g/mol. The number of halogens is 1. The van der Waals surface area contributed by atoms with E-state index >= 15 is 0 Å². The van der Waals surface area contributed by atoms with Crippen molar-refractivity contribution in [3.05, 3.63) is 62.6 Å². The quantitative estimate of drug-likeness (QED) is 0.405. The first-order valence-corrected chi connectivity index (χ1v) is 14.7. The molecule has 5 heterocycles. The zero-order valence-electron chi connectivity index (χ0n) is 23.2. The second-order valence-electron chi connectivity index (χ2n) is 11.8. The van der Waals surface area contributed by atoms with Gasteiger partial charge in [-0.25, -0.2) is 4.79 Å². The van der Waals surface area contributed by atoms with Gasteiger partial charge in [-0.2, -0.15) is 0 Å². The number of rotatable bonds is 5. The fraction of sp³-hybridized carbons (Fsp3) is 0.500. The summed E-state index contributed by atoms with van der Waals surface area (Å²) in [6.07, 6.45) is 2.74. The average Bonchev–Trinajstić information content (AvgIpc) is 3.32. The fourth-order valence-electron chi connectivity index (χ4n) is 5.97. The molecular formula is C30H35BrN4O5. The van der Waals surface area contributed by atoms with E-state index in [2.05, 4.69) is 37.9 Å². The molecular weight excluding hydrogens is 576 g/mol. The summed E-state index contributed by atoms with van der Waals surface area (Å²) in [4.78, 5) is 34.6. The van der Waals surface area contributed by atoms with Crippen LogP contribution in [0.3, 0.4) is 0 Å². The Kier molecular flexibility index (Phi) is 7.25. The van der Waals surface area contributed by atoms with Gasteiger partial charge in [0, 0.05) is 54.2 Å². The Balaban J connectivity index is 1.07. The summed E-state index contributed by atoms with van der Waals surface area (Å²) in [6.45, 7) is 10.6. The lowest BCUT2D eigenvalue weighted by atomic mass is 9.98. The fourth-order valence-corrected chi connectivity index (χ4v) is 6.61. The van der Waals surface area contributed by atoms with E-state index in [0.29, 0.717) is 37.8 Å². The molecule has 1 atom stereocenters. The van der Waals surface area contributed by atoms with E-state index in [9.17, 15) is 9.59 Å². The maximum absolute atomic E-state index is 13.4. The van der Waals surface area contributed by atoms with Gasteiger partial charge in [-0.1, -0.05) is 22.0 Å². The van der Waals surface area contributed by atoms with Crippen molar-refractivity contribution < 1.29 is 19.0 Å². The lowest BCUT2D eigenvalue weighted by Gasteiger charge is -2.38. The minimum absolute atomic E-state index is 0.0508. The topological polar surface area (TPSA) is 86.1 Å². The van der Waals surface area contributed by atoms with Crippen molar-refractivity contribution in [2.75, 3.05) is 32.8 Å². The van der Waals surface area contributed by atoms with E-state index in [-0.39, 0.29) is 23.7 Å². The highest BCUT2D eigenvalue weighted by Crippen LogP contribution is 2.39. The molecule has 212 valence electrons. The number of carbonyl (C=O) groups excluding carboxylic acids is 1. The van der Waals surface area contributed by atoms with Crippen LogP contribution in [-0.4, -0.2) is 69.9 Å². The van der Waals surface area contributed by atoms with Crippen LogP contribution in [0.5, 0.6) is 11.5 Å². The van der Waals surface area contributed by atoms with Crippen LogP contribution in [0.15, 0.2) is 45.8 Å². The zero-order chi connectivity index (χ0) is 28.0. The van der Waals surface area contributed by atoms with Gasteiger partial charge >= 0.3 is 6.09 Å². The van der Waals surface area contributed by atoms with Crippen molar-refractivity contribution in [1.82, 2.24) is 19.4 Å². The number of aromatic nitrogens is 2. The number of pyridine rings is 2. The molecule has 0 bridgehead atoms. The summed E-state index contributed by atoms with van der Waals surface area (Å²) >= 11 is 3.73. The molecule has 10 heteroatoms. The standard InChI is InChI=1S/C30H35BrN4O5/c1-30(2,3)35(18-21-14-24-25(15-32-21)39-13-12-38-24)29(37)40-22-8-10-33(11-9-22)16-20-17-34-26(36)7-5-19-4-6-23(31)27(20)28(19)34/h4-7,14-15,20,22H,8-13,16-18H2,1-3H3. The largest absolute Gasteiger partial charge is 0.486 e. The number of carbonyl (C=O) groups is 1. The van der Waals surface area contributed by atoms with Crippen molar-refractivity contribution >= 4 is 32.9 Å². The maximum atomic E-state index is 13.4. The molecule has 1 aromatic carbocycles. The highest BCUT2D eigenvalue weighted by Gasteiger charge is 2.34. The first-order valence-electron chi connectivity index (χ1n) is 13.9. The third-order valence-corrected chi connectivity index (χ3v) is 8.76. The number of ether oxygens (including phenoxy) is 3. The van der Waals surface area contributed by atoms with E-state index in [1.807, 2.05) is 37.5 Å². The van der Waals surface area contributed by atoms with Crippen LogP contribution >= 0.6 is 15.9 Å². The first kappa shape index (κ1) is 27.1. The van der Waals surface area contributed by atoms with Gasteiger partial charge in [0.1, 0.15) is 19.3 Å². The van der Waals surface area contributed by atoms with Gasteiger partial charge in [0.2, 0.25) is 0 Å². The monoisotopic (exact) mass is 610 g/mol. The van der Waals surface area contributed by atoms with E-state index in [1.165, 1.54) is 5.56 Å². The summed E-state index contributed by atoms with van der Waals surface area (Å²) in [5.74, 6) is 1.52. The zero-order valence-corrected chi connectivity index (χ0v) is 24.8. The predicted octanol–water partition coefficient (Wildman–Crippen LogP) is 4.93. The Hall–Kier alpha value is -3.11. The lowest BCUT2D eigenvalue weighted by Crippen LogP contribution is -2.48. The Morgan fingerprint density at radius 3 is 2.60 bits per heavy atom. The molecule has 0 aliphatic carbocycles. The van der Waals surface area contributed by atoms with E-state index in [1.54, 1.807) is 17.2 Å². The molecule has 1 saturated heterocycles. The van der Waals surface area contributed by atoms with Crippen LogP contribution < -0.4 is 15.0 Å². The van der Waals surface area contributed by atoms with E-state index in [4.69, 9.17) is 14.2 Å². The van der Waals surface area contributed by atoms with Crippen LogP contribution in [0.2, 0.25) is 0 Å². The number of fused-ring (bicyclic) bond motifs is 1. The number of amides is 1. The minimum Gasteiger partial charge on any atom is -0.486 e. The van der Waals surface area contributed by atoms with Gasteiger partial charge in [0.15, 0.2) is 11.5 Å². The summed E-state index contributed by atoms with van der Waals surface area (Å²) in [7, 11) is 0. The van der Waals surface area contributed by atoms with Gasteiger partial charge in [0.25, 0.3) is 5.56 Å². The van der Waals surface area contributed by atoms with Crippen LogP contribution in [-0.2, 0) is 17.8 Å². The maximum Gasteiger partial charge on any atom is 0.410 e. The highest BCUT2D eigenvalue weighted by atomic mass is 79.9. The van der Waals surface area contributed by atoms with Gasteiger partial charge in [-0.05, 0) is 56.7 Å². The first-order chi connectivity index (χ1) is 19.2. The SMILES string of the molecule is CC(C)(C)N(Cc1cc2c(cn1)OCCO2)C(=O)OC1CCN(CC2Cn3c(=O)ccc4ccc(Br)c2c43)CC1. The highest BCUT2D eigenvalue weighted by molar-refractivity contribution is 9.10. The van der Waals surface area contributed by atoms with Crippen molar-refractivity contribution in [3.63, 3.8) is 0 Å². The van der Waals surface area contributed by atoms with Crippen molar-refractivity contribution in [2.45, 2.75) is 64.3 Å². The molecule has 0 saturated carbocycles. The Labute approximate surface area is 242 Å². The van der Waals surface area contributed by atoms with Crippen molar-refractivity contribution in [1.29, 1.82) is 0 Å². The molecule has 1 fully saturated rings. The summed E-state index contributed by atoms with van der Waals surface area (Å²) in [5, 5.41) is 1.10. The second-order valence-corrected chi connectivity index (χ2v) is 12.7. The number of hydrogen-bond acceptors (Lipinski definition) is 7. The van der Waals surface area contributed by atoms with Crippen molar-refractivity contribution in [2.24, 2.45) is 0 Å². The van der Waals surface area contributed by atoms with E-state index in [0.717, 1.165) is 53.5 Å². The van der Waals surface area contributed by atoms with Crippen LogP contribution in [0, 0.1) is 0 Å². The number of benzene rings is 1. The molecule has 0 radical (unpaired) electrons. The van der Waals surface area contributed by atoms with E-state index < -0.39 is 5.54 Å². The van der Waals surface area contributed by atoms with Crippen LogP contribution in [0.1, 0.15) is 50.8 Å². The number of likely N-dealkylation sites (tertiary alicyclic amines) is 1. The lowest BCUT2D eigenvalue weighted by molar-refractivity contribution is 0.00821. The summed E-state index contributed by atoms with van der Waals surface area (Å²) in [6, 6.07) is 9.56. The molecule has 40 heavy (non-hydrogen) atoms. The summed E-state index contributed by atoms with van der Waals surface area (Å²) < 4.78 is 20.3. The van der Waals surface area contributed by atoms with Gasteiger partial charge in [0.05, 0.1) is 24.0 Å². The van der Waals surface area contributed by atoms with Gasteiger partial charge < -0.3 is 23.7 Å². The number of hydrogen-bond donors (Lipinski definition) is 0. The molecule has 2 aromatic heterocycles.